The van der Waals surface area contributed by atoms with Gasteiger partial charge in [0.15, 0.2) is 0 Å². The Morgan fingerprint density at radius 1 is 1.16 bits per heavy atom. The lowest BCUT2D eigenvalue weighted by Crippen LogP contribution is -2.35. The molecule has 1 saturated heterocycles. The maximum atomic E-state index is 13.5. The zero-order chi connectivity index (χ0) is 17.8. The predicted octanol–water partition coefficient (Wildman–Crippen LogP) is 3.97. The molecule has 1 aliphatic rings. The fourth-order valence-electron chi connectivity index (χ4n) is 3.21. The number of hydrogen-bond acceptors (Lipinski definition) is 4. The van der Waals surface area contributed by atoms with Gasteiger partial charge in [0.05, 0.1) is 18.9 Å². The van der Waals surface area contributed by atoms with Crippen molar-refractivity contribution in [3.63, 3.8) is 0 Å². The van der Waals surface area contributed by atoms with E-state index in [2.05, 4.69) is 34.5 Å². The van der Waals surface area contributed by atoms with E-state index in [1.165, 1.54) is 17.8 Å². The van der Waals surface area contributed by atoms with E-state index in [-0.39, 0.29) is 18.0 Å². The van der Waals surface area contributed by atoms with Crippen molar-refractivity contribution >= 4 is 11.4 Å². The van der Waals surface area contributed by atoms with Gasteiger partial charge in [-0.25, -0.2) is 4.39 Å². The average Bonchev–Trinajstić information content (AvgIpc) is 2.63. The van der Waals surface area contributed by atoms with E-state index in [1.54, 1.807) is 13.2 Å². The lowest BCUT2D eigenvalue weighted by atomic mass is 10.0. The third-order valence-electron chi connectivity index (χ3n) is 4.76. The topological polar surface area (TPSA) is 44.7 Å². The molecule has 2 aromatic carbocycles. The molecule has 1 fully saturated rings. The van der Waals surface area contributed by atoms with Crippen LogP contribution in [0.2, 0.25) is 0 Å². The Morgan fingerprint density at radius 2 is 1.84 bits per heavy atom. The summed E-state index contributed by atoms with van der Waals surface area (Å²) in [5.41, 5.74) is 2.93. The van der Waals surface area contributed by atoms with Crippen LogP contribution in [-0.4, -0.2) is 31.4 Å². The first-order chi connectivity index (χ1) is 12.1. The summed E-state index contributed by atoms with van der Waals surface area (Å²) >= 11 is 0. The number of aliphatic hydroxyl groups excluding tert-OH is 1. The first kappa shape index (κ1) is 17.5. The number of halogens is 1. The van der Waals surface area contributed by atoms with Crippen molar-refractivity contribution in [1.29, 1.82) is 0 Å². The second kappa shape index (κ2) is 7.74. The number of rotatable bonds is 5. The highest BCUT2D eigenvalue weighted by Gasteiger charge is 2.17. The van der Waals surface area contributed by atoms with Crippen molar-refractivity contribution in [1.82, 2.24) is 0 Å². The number of benzene rings is 2. The molecular weight excluding hydrogens is 319 g/mol. The van der Waals surface area contributed by atoms with Gasteiger partial charge in [-0.15, -0.1) is 0 Å². The van der Waals surface area contributed by atoms with Crippen molar-refractivity contribution in [2.24, 2.45) is 0 Å². The fraction of sp³-hybridized carbons (Fsp3) is 0.400. The Balaban J connectivity index is 1.69. The van der Waals surface area contributed by atoms with Crippen molar-refractivity contribution in [3.8, 4) is 5.75 Å². The van der Waals surface area contributed by atoms with Crippen LogP contribution < -0.4 is 15.0 Å². The molecule has 0 radical (unpaired) electrons. The summed E-state index contributed by atoms with van der Waals surface area (Å²) in [5, 5.41) is 12.9. The van der Waals surface area contributed by atoms with E-state index >= 15 is 0 Å². The van der Waals surface area contributed by atoms with Crippen LogP contribution in [0.5, 0.6) is 5.75 Å². The minimum absolute atomic E-state index is 0.0212. The van der Waals surface area contributed by atoms with E-state index < -0.39 is 0 Å². The third kappa shape index (κ3) is 4.23. The molecule has 1 unspecified atom stereocenters. The maximum Gasteiger partial charge on any atom is 0.142 e. The smallest absolute Gasteiger partial charge is 0.142 e. The third-order valence-corrected chi connectivity index (χ3v) is 4.76. The SMILES string of the molecule is COc1ccc(F)cc1NC(C)c1ccc(N2CCC(O)CC2)cc1. The Morgan fingerprint density at radius 3 is 2.48 bits per heavy atom. The van der Waals surface area contributed by atoms with Crippen LogP contribution in [0.15, 0.2) is 42.5 Å². The number of methoxy groups -OCH3 is 1. The molecule has 0 amide bonds. The summed E-state index contributed by atoms with van der Waals surface area (Å²) in [7, 11) is 1.58. The van der Waals surface area contributed by atoms with Crippen molar-refractivity contribution in [3.05, 3.63) is 53.8 Å². The Hall–Kier alpha value is -2.27. The molecule has 1 heterocycles. The Labute approximate surface area is 148 Å². The quantitative estimate of drug-likeness (QED) is 0.861. The second-order valence-corrected chi connectivity index (χ2v) is 6.52. The van der Waals surface area contributed by atoms with Gasteiger partial charge in [0, 0.05) is 30.9 Å². The average molecular weight is 344 g/mol. The minimum Gasteiger partial charge on any atom is -0.495 e. The van der Waals surface area contributed by atoms with E-state index in [1.807, 2.05) is 6.92 Å². The van der Waals surface area contributed by atoms with E-state index in [0.717, 1.165) is 31.5 Å². The number of nitrogens with zero attached hydrogens (tertiary/aromatic N) is 1. The molecule has 3 rings (SSSR count). The first-order valence-corrected chi connectivity index (χ1v) is 8.70. The summed E-state index contributed by atoms with van der Waals surface area (Å²) in [6.45, 7) is 3.81. The lowest BCUT2D eigenvalue weighted by molar-refractivity contribution is 0.145. The molecule has 1 atom stereocenters. The first-order valence-electron chi connectivity index (χ1n) is 8.70. The summed E-state index contributed by atoms with van der Waals surface area (Å²) < 4.78 is 18.8. The summed E-state index contributed by atoms with van der Waals surface area (Å²) in [4.78, 5) is 2.30. The minimum atomic E-state index is -0.293. The van der Waals surface area contributed by atoms with Gasteiger partial charge in [-0.05, 0) is 49.6 Å². The highest BCUT2D eigenvalue weighted by atomic mass is 19.1. The molecule has 5 heteroatoms. The van der Waals surface area contributed by atoms with E-state index in [0.29, 0.717) is 11.4 Å². The zero-order valence-corrected chi connectivity index (χ0v) is 14.7. The van der Waals surface area contributed by atoms with Gasteiger partial charge in [0.25, 0.3) is 0 Å². The van der Waals surface area contributed by atoms with Crippen LogP contribution in [0.1, 0.15) is 31.4 Å². The highest BCUT2D eigenvalue weighted by Crippen LogP contribution is 2.30. The molecule has 2 N–H and O–H groups in total. The molecule has 25 heavy (non-hydrogen) atoms. The Bertz CT molecular complexity index is 697. The molecule has 0 saturated carbocycles. The largest absolute Gasteiger partial charge is 0.495 e. The molecule has 134 valence electrons. The van der Waals surface area contributed by atoms with Crippen LogP contribution in [0, 0.1) is 5.82 Å². The van der Waals surface area contributed by atoms with Gasteiger partial charge in [0.2, 0.25) is 0 Å². The van der Waals surface area contributed by atoms with Crippen LogP contribution in [0.4, 0.5) is 15.8 Å². The van der Waals surface area contributed by atoms with Crippen LogP contribution in [-0.2, 0) is 0 Å². The number of hydrogen-bond donors (Lipinski definition) is 2. The molecule has 1 aliphatic heterocycles. The predicted molar refractivity (Wildman–Crippen MR) is 98.9 cm³/mol. The summed E-state index contributed by atoms with van der Waals surface area (Å²) in [6, 6.07) is 12.9. The zero-order valence-electron chi connectivity index (χ0n) is 14.7. The summed E-state index contributed by atoms with van der Waals surface area (Å²) in [6.07, 6.45) is 1.47. The monoisotopic (exact) mass is 344 g/mol. The van der Waals surface area contributed by atoms with Gasteiger partial charge < -0.3 is 20.1 Å². The van der Waals surface area contributed by atoms with Gasteiger partial charge in [-0.1, -0.05) is 12.1 Å². The number of piperidine rings is 1. The van der Waals surface area contributed by atoms with Gasteiger partial charge in [-0.2, -0.15) is 0 Å². The molecular formula is C20H25FN2O2. The van der Waals surface area contributed by atoms with Crippen molar-refractivity contribution < 1.29 is 14.2 Å². The molecule has 0 spiro atoms. The molecule has 0 aromatic heterocycles. The summed E-state index contributed by atoms with van der Waals surface area (Å²) in [5.74, 6) is 0.329. The van der Waals surface area contributed by atoms with Gasteiger partial charge >= 0.3 is 0 Å². The second-order valence-electron chi connectivity index (χ2n) is 6.52. The normalized spacial score (nSPS) is 16.6. The number of ether oxygens (including phenoxy) is 1. The van der Waals surface area contributed by atoms with Gasteiger partial charge in [-0.3, -0.25) is 0 Å². The number of nitrogens with one attached hydrogen (secondary N) is 1. The van der Waals surface area contributed by atoms with Crippen LogP contribution in [0.3, 0.4) is 0 Å². The van der Waals surface area contributed by atoms with Crippen molar-refractivity contribution in [2.75, 3.05) is 30.4 Å². The standard InChI is InChI=1S/C20H25FN2O2/c1-14(22-19-13-16(21)5-8-20(19)25-2)15-3-6-17(7-4-15)23-11-9-18(24)10-12-23/h3-8,13-14,18,22,24H,9-12H2,1-2H3. The number of anilines is 2. The van der Waals surface area contributed by atoms with E-state index in [9.17, 15) is 9.50 Å². The fourth-order valence-corrected chi connectivity index (χ4v) is 3.21. The van der Waals surface area contributed by atoms with Crippen LogP contribution >= 0.6 is 0 Å². The number of aliphatic hydroxyl groups is 1. The molecule has 0 aliphatic carbocycles. The molecule has 2 aromatic rings. The van der Waals surface area contributed by atoms with Gasteiger partial charge in [0.1, 0.15) is 11.6 Å². The molecule has 4 nitrogen and oxygen atoms in total. The molecule has 0 bridgehead atoms. The lowest BCUT2D eigenvalue weighted by Gasteiger charge is -2.31. The van der Waals surface area contributed by atoms with Crippen LogP contribution in [0.25, 0.3) is 0 Å². The maximum absolute atomic E-state index is 13.5. The highest BCUT2D eigenvalue weighted by molar-refractivity contribution is 5.58. The van der Waals surface area contributed by atoms with E-state index in [4.69, 9.17) is 4.74 Å². The van der Waals surface area contributed by atoms with Crippen molar-refractivity contribution in [2.45, 2.75) is 31.9 Å². The Kier molecular flexibility index (Phi) is 5.43.